The van der Waals surface area contributed by atoms with Crippen molar-refractivity contribution in [3.8, 4) is 6.07 Å². The highest BCUT2D eigenvalue weighted by Gasteiger charge is 2.39. The second-order valence-electron chi connectivity index (χ2n) is 9.37. The number of nitriles is 1. The van der Waals surface area contributed by atoms with Crippen LogP contribution in [0.4, 0.5) is 0 Å². The molecule has 0 bridgehead atoms. The van der Waals surface area contributed by atoms with Gasteiger partial charge in [0.05, 0.1) is 50.2 Å². The molecule has 35 heavy (non-hydrogen) atoms. The molecule has 0 aromatic rings. The highest BCUT2D eigenvalue weighted by Crippen LogP contribution is 2.53. The van der Waals surface area contributed by atoms with Crippen LogP contribution in [0.1, 0.15) is 60.3 Å². The quantitative estimate of drug-likeness (QED) is 0.188. The summed E-state index contributed by atoms with van der Waals surface area (Å²) in [6.45, 7) is 12.3. The molecule has 0 aromatic carbocycles. The van der Waals surface area contributed by atoms with Gasteiger partial charge < -0.3 is 32.3 Å². The van der Waals surface area contributed by atoms with Gasteiger partial charge in [-0.25, -0.2) is 4.67 Å². The van der Waals surface area contributed by atoms with Crippen LogP contribution in [0.5, 0.6) is 0 Å². The second kappa shape index (κ2) is 15.9. The molecule has 0 amide bonds. The Morgan fingerprint density at radius 3 is 2.40 bits per heavy atom. The number of hydrogen-bond acceptors (Lipinski definition) is 10. The molecule has 12 heteroatoms. The minimum atomic E-state index is -3.39. The van der Waals surface area contributed by atoms with E-state index >= 15 is 0 Å². The first-order chi connectivity index (χ1) is 16.7. The molecule has 0 aromatic heterocycles. The first-order valence-corrected chi connectivity index (χ1v) is 15.5. The van der Waals surface area contributed by atoms with E-state index in [4.69, 9.17) is 37.6 Å². The van der Waals surface area contributed by atoms with Gasteiger partial charge >= 0.3 is 7.60 Å². The van der Waals surface area contributed by atoms with E-state index in [0.717, 1.165) is 0 Å². The van der Waals surface area contributed by atoms with Gasteiger partial charge in [-0.15, -0.1) is 0 Å². The molecule has 6 atom stereocenters. The van der Waals surface area contributed by atoms with Gasteiger partial charge in [0.1, 0.15) is 6.10 Å². The molecule has 2 rings (SSSR count). The molecule has 10 nitrogen and oxygen atoms in total. The van der Waals surface area contributed by atoms with Crippen LogP contribution < -0.4 is 0 Å². The fourth-order valence-electron chi connectivity index (χ4n) is 4.11. The van der Waals surface area contributed by atoms with Crippen molar-refractivity contribution in [3.05, 3.63) is 0 Å². The van der Waals surface area contributed by atoms with E-state index in [2.05, 4.69) is 38.4 Å². The van der Waals surface area contributed by atoms with Crippen molar-refractivity contribution in [2.24, 2.45) is 0 Å². The van der Waals surface area contributed by atoms with Gasteiger partial charge in [0.15, 0.2) is 0 Å². The monoisotopic (exact) mass is 538 g/mol. The van der Waals surface area contributed by atoms with Crippen LogP contribution in [0, 0.1) is 11.3 Å². The van der Waals surface area contributed by atoms with Crippen LogP contribution in [0.25, 0.3) is 0 Å². The fraction of sp³-hybridized carbons (Fsp3) is 0.957. The average Bonchev–Trinajstić information content (AvgIpc) is 3.40. The third-order valence-corrected chi connectivity index (χ3v) is 10.0. The van der Waals surface area contributed by atoms with E-state index in [9.17, 15) is 4.57 Å². The molecule has 0 aliphatic carbocycles. The maximum Gasteiger partial charge on any atom is 0.331 e. The van der Waals surface area contributed by atoms with Gasteiger partial charge in [0.2, 0.25) is 0 Å². The predicted molar refractivity (Wildman–Crippen MR) is 134 cm³/mol. The van der Waals surface area contributed by atoms with E-state index in [1.54, 1.807) is 7.11 Å². The standard InChI is InChI=1S/C23H44N2O8P2/c1-18(2)25(19(3)4)34(30-13-7-11-24)32-22-10-15-29-23(22)17-31-35(26,16-8-12-27-6)33-21-9-14-28-20(21)5/h18-23H,7-10,12-17H2,1-6H3/t20-,21+,22+,23-,34?,35?/m1/s1. The summed E-state index contributed by atoms with van der Waals surface area (Å²) in [4.78, 5) is 0. The summed E-state index contributed by atoms with van der Waals surface area (Å²) >= 11 is 0. The van der Waals surface area contributed by atoms with Gasteiger partial charge in [-0.3, -0.25) is 4.57 Å². The topological polar surface area (TPSA) is 109 Å². The molecule has 2 aliphatic rings. The van der Waals surface area contributed by atoms with E-state index in [1.165, 1.54) is 0 Å². The smallest absolute Gasteiger partial charge is 0.331 e. The molecule has 0 radical (unpaired) electrons. The molecule has 0 saturated carbocycles. The molecule has 204 valence electrons. The van der Waals surface area contributed by atoms with Crippen LogP contribution in [-0.4, -0.2) is 87.5 Å². The second-order valence-corrected chi connectivity index (χ2v) is 12.9. The number of hydrogen-bond donors (Lipinski definition) is 0. The zero-order valence-corrected chi connectivity index (χ0v) is 23.9. The largest absolute Gasteiger partial charge is 0.385 e. The fourth-order valence-corrected chi connectivity index (χ4v) is 7.76. The van der Waals surface area contributed by atoms with Crippen molar-refractivity contribution < 1.29 is 36.9 Å². The molecule has 2 heterocycles. The number of ether oxygens (including phenoxy) is 3. The average molecular weight is 539 g/mol. The highest BCUT2D eigenvalue weighted by molar-refractivity contribution is 7.53. The van der Waals surface area contributed by atoms with Crippen molar-refractivity contribution in [2.45, 2.75) is 96.8 Å². The molecule has 2 aliphatic heterocycles. The van der Waals surface area contributed by atoms with Gasteiger partial charge in [0, 0.05) is 51.9 Å². The van der Waals surface area contributed by atoms with Crippen molar-refractivity contribution in [2.75, 3.05) is 46.3 Å². The van der Waals surface area contributed by atoms with E-state index in [1.807, 2.05) is 6.92 Å². The zero-order chi connectivity index (χ0) is 25.8. The molecule has 0 spiro atoms. The normalized spacial score (nSPS) is 27.5. The third-order valence-electron chi connectivity index (χ3n) is 5.86. The minimum absolute atomic E-state index is 0.0988. The van der Waals surface area contributed by atoms with E-state index in [0.29, 0.717) is 52.1 Å². The first kappa shape index (κ1) is 31.1. The van der Waals surface area contributed by atoms with Crippen molar-refractivity contribution >= 4 is 16.1 Å². The Morgan fingerprint density at radius 2 is 1.80 bits per heavy atom. The molecule has 2 unspecified atom stereocenters. The molecular formula is C23H44N2O8P2. The maximum absolute atomic E-state index is 13.6. The van der Waals surface area contributed by atoms with Crippen LogP contribution in [-0.2, 0) is 36.9 Å². The summed E-state index contributed by atoms with van der Waals surface area (Å²) in [7, 11) is -3.18. The Hall–Kier alpha value is -0.170. The first-order valence-electron chi connectivity index (χ1n) is 12.6. The number of methoxy groups -OCH3 is 1. The van der Waals surface area contributed by atoms with Crippen molar-refractivity contribution in [1.29, 1.82) is 5.26 Å². The molecular weight excluding hydrogens is 494 g/mol. The van der Waals surface area contributed by atoms with Gasteiger partial charge in [-0.1, -0.05) is 0 Å². The molecule has 0 N–H and O–H groups in total. The Balaban J connectivity index is 2.04. The van der Waals surface area contributed by atoms with Crippen LogP contribution >= 0.6 is 16.1 Å². The summed E-state index contributed by atoms with van der Waals surface area (Å²) < 4.78 is 56.9. The number of rotatable bonds is 17. The minimum Gasteiger partial charge on any atom is -0.385 e. The summed E-state index contributed by atoms with van der Waals surface area (Å²) in [6, 6.07) is 2.52. The van der Waals surface area contributed by atoms with Crippen LogP contribution in [0.15, 0.2) is 0 Å². The predicted octanol–water partition coefficient (Wildman–Crippen LogP) is 4.88. The maximum atomic E-state index is 13.6. The van der Waals surface area contributed by atoms with Crippen LogP contribution in [0.2, 0.25) is 0 Å². The zero-order valence-electron chi connectivity index (χ0n) is 22.1. The van der Waals surface area contributed by atoms with Crippen molar-refractivity contribution in [1.82, 2.24) is 4.67 Å². The summed E-state index contributed by atoms with van der Waals surface area (Å²) in [5, 5.41) is 8.94. The third kappa shape index (κ3) is 10.2. The SMILES string of the molecule is COCCCP(=O)(OC[C@H]1OCC[C@@H]1OP(OCCC#N)N(C(C)C)C(C)C)O[C@H]1CCO[C@@H]1C. The van der Waals surface area contributed by atoms with Gasteiger partial charge in [0.25, 0.3) is 8.53 Å². The van der Waals surface area contributed by atoms with Crippen LogP contribution in [0.3, 0.4) is 0 Å². The van der Waals surface area contributed by atoms with E-state index in [-0.39, 0.29) is 43.2 Å². The summed E-state index contributed by atoms with van der Waals surface area (Å²) in [5.41, 5.74) is 0. The van der Waals surface area contributed by atoms with Crippen molar-refractivity contribution in [3.63, 3.8) is 0 Å². The molecule has 2 saturated heterocycles. The lowest BCUT2D eigenvalue weighted by Crippen LogP contribution is -2.36. The van der Waals surface area contributed by atoms with Gasteiger partial charge in [-0.05, 0) is 41.0 Å². The Labute approximate surface area is 212 Å². The number of nitrogens with zero attached hydrogens (tertiary/aromatic N) is 2. The van der Waals surface area contributed by atoms with E-state index < -0.39 is 22.2 Å². The lowest BCUT2D eigenvalue weighted by Gasteiger charge is -2.37. The molecule has 2 fully saturated rings. The highest BCUT2D eigenvalue weighted by atomic mass is 31.2. The summed E-state index contributed by atoms with van der Waals surface area (Å²) in [5.74, 6) is 0. The summed E-state index contributed by atoms with van der Waals surface area (Å²) in [6.07, 6.45) is 1.45. The lowest BCUT2D eigenvalue weighted by molar-refractivity contribution is 0.00307. The Morgan fingerprint density at radius 1 is 1.11 bits per heavy atom. The van der Waals surface area contributed by atoms with Gasteiger partial charge in [-0.2, -0.15) is 5.26 Å². The lowest BCUT2D eigenvalue weighted by atomic mass is 10.2. The Kier molecular flexibility index (Phi) is 14.1. The Bertz CT molecular complexity index is 685.